The third kappa shape index (κ3) is 1.90. The lowest BCUT2D eigenvalue weighted by Crippen LogP contribution is -1.90. The van der Waals surface area contributed by atoms with Crippen molar-refractivity contribution < 1.29 is 0 Å². The maximum Gasteiger partial charge on any atom is 0.197 e. The van der Waals surface area contributed by atoms with Crippen LogP contribution in [0.5, 0.6) is 0 Å². The van der Waals surface area contributed by atoms with Crippen LogP contribution in [0.25, 0.3) is 0 Å². The van der Waals surface area contributed by atoms with Gasteiger partial charge in [-0.1, -0.05) is 19.3 Å². The standard InChI is InChI=1S/C10H10N2/c1-3-5-6-7-10-11-8-9-12(10)4-2/h2,8-9H,3,5H2,1H3. The Balaban J connectivity index is 2.78. The van der Waals surface area contributed by atoms with Crippen LogP contribution in [0.3, 0.4) is 0 Å². The van der Waals surface area contributed by atoms with Crippen LogP contribution in [0, 0.1) is 24.3 Å². The molecule has 0 amide bonds. The molecule has 1 aromatic rings. The summed E-state index contributed by atoms with van der Waals surface area (Å²) in [5, 5.41) is 0. The number of imidazole rings is 1. The van der Waals surface area contributed by atoms with Crippen molar-refractivity contribution in [2.24, 2.45) is 0 Å². The predicted octanol–water partition coefficient (Wildman–Crippen LogP) is 1.47. The van der Waals surface area contributed by atoms with E-state index in [9.17, 15) is 0 Å². The van der Waals surface area contributed by atoms with E-state index in [0.717, 1.165) is 12.8 Å². The molecule has 1 heterocycles. The van der Waals surface area contributed by atoms with Crippen LogP contribution in [0.1, 0.15) is 25.6 Å². The van der Waals surface area contributed by atoms with Gasteiger partial charge in [-0.25, -0.2) is 4.98 Å². The van der Waals surface area contributed by atoms with Gasteiger partial charge in [0.25, 0.3) is 0 Å². The van der Waals surface area contributed by atoms with Crippen LogP contribution in [0.2, 0.25) is 0 Å². The summed E-state index contributed by atoms with van der Waals surface area (Å²) in [6, 6.07) is 2.45. The molecule has 0 radical (unpaired) electrons. The van der Waals surface area contributed by atoms with Crippen molar-refractivity contribution in [3.63, 3.8) is 0 Å². The molecule has 0 saturated carbocycles. The van der Waals surface area contributed by atoms with Gasteiger partial charge < -0.3 is 0 Å². The molecule has 12 heavy (non-hydrogen) atoms. The molecule has 0 aliphatic carbocycles. The van der Waals surface area contributed by atoms with Gasteiger partial charge in [0, 0.05) is 24.9 Å². The molecule has 0 fully saturated rings. The monoisotopic (exact) mass is 158 g/mol. The second kappa shape index (κ2) is 4.26. The molecule has 0 atom stereocenters. The Morgan fingerprint density at radius 2 is 2.50 bits per heavy atom. The highest BCUT2D eigenvalue weighted by atomic mass is 15.0. The molecule has 1 aromatic heterocycles. The number of aromatic nitrogens is 2. The number of terminal acetylenes is 1. The fraction of sp³-hybridized carbons (Fsp3) is 0.300. The summed E-state index contributed by atoms with van der Waals surface area (Å²) >= 11 is 0. The van der Waals surface area contributed by atoms with Gasteiger partial charge in [0.15, 0.2) is 5.82 Å². The molecule has 0 aliphatic heterocycles. The van der Waals surface area contributed by atoms with E-state index >= 15 is 0 Å². The molecular formula is C10H10N2. The topological polar surface area (TPSA) is 17.8 Å². The maximum atomic E-state index is 5.20. The van der Waals surface area contributed by atoms with E-state index in [1.807, 2.05) is 0 Å². The Morgan fingerprint density at radius 3 is 3.17 bits per heavy atom. The zero-order valence-electron chi connectivity index (χ0n) is 7.04. The second-order valence-electron chi connectivity index (χ2n) is 2.30. The highest BCUT2D eigenvalue weighted by Crippen LogP contribution is 1.92. The van der Waals surface area contributed by atoms with E-state index in [2.05, 4.69) is 29.8 Å². The van der Waals surface area contributed by atoms with Crippen LogP contribution >= 0.6 is 0 Å². The lowest BCUT2D eigenvalue weighted by atomic mass is 10.3. The van der Waals surface area contributed by atoms with E-state index in [1.165, 1.54) is 0 Å². The minimum atomic E-state index is 0.644. The molecule has 0 aromatic carbocycles. The minimum absolute atomic E-state index is 0.644. The van der Waals surface area contributed by atoms with Crippen molar-refractivity contribution in [3.8, 4) is 24.3 Å². The zero-order valence-corrected chi connectivity index (χ0v) is 7.04. The first-order valence-electron chi connectivity index (χ1n) is 3.87. The molecule has 60 valence electrons. The van der Waals surface area contributed by atoms with E-state index in [-0.39, 0.29) is 0 Å². The quantitative estimate of drug-likeness (QED) is 0.566. The van der Waals surface area contributed by atoms with Crippen molar-refractivity contribution in [2.75, 3.05) is 0 Å². The minimum Gasteiger partial charge on any atom is -0.252 e. The Hall–Kier alpha value is -1.67. The molecule has 0 aliphatic rings. The largest absolute Gasteiger partial charge is 0.252 e. The van der Waals surface area contributed by atoms with Crippen molar-refractivity contribution in [3.05, 3.63) is 18.2 Å². The summed E-state index contributed by atoms with van der Waals surface area (Å²) < 4.78 is 1.57. The van der Waals surface area contributed by atoms with Crippen LogP contribution in [-0.4, -0.2) is 9.55 Å². The van der Waals surface area contributed by atoms with E-state index in [0.29, 0.717) is 5.82 Å². The van der Waals surface area contributed by atoms with Crippen molar-refractivity contribution in [1.82, 2.24) is 9.55 Å². The molecule has 1 rings (SSSR count). The zero-order chi connectivity index (χ0) is 8.81. The van der Waals surface area contributed by atoms with Gasteiger partial charge in [0.05, 0.1) is 0 Å². The number of hydrogen-bond acceptors (Lipinski definition) is 1. The smallest absolute Gasteiger partial charge is 0.197 e. The number of hydrogen-bond donors (Lipinski definition) is 0. The fourth-order valence-electron chi connectivity index (χ4n) is 0.767. The molecule has 0 N–H and O–H groups in total. The lowest BCUT2D eigenvalue weighted by molar-refractivity contribution is 0.981. The van der Waals surface area contributed by atoms with Gasteiger partial charge in [-0.05, 0) is 12.3 Å². The first kappa shape index (κ1) is 8.43. The molecule has 2 nitrogen and oxygen atoms in total. The highest BCUT2D eigenvalue weighted by molar-refractivity contribution is 5.24. The molecule has 0 unspecified atom stereocenters. The van der Waals surface area contributed by atoms with Crippen LogP contribution in [0.15, 0.2) is 12.4 Å². The fourth-order valence-corrected chi connectivity index (χ4v) is 0.767. The summed E-state index contributed by atoms with van der Waals surface area (Å²) in [4.78, 5) is 4.01. The van der Waals surface area contributed by atoms with Gasteiger partial charge in [-0.2, -0.15) is 0 Å². The van der Waals surface area contributed by atoms with Gasteiger partial charge in [-0.15, -0.1) is 0 Å². The van der Waals surface area contributed by atoms with Gasteiger partial charge >= 0.3 is 0 Å². The normalized spacial score (nSPS) is 8.33. The Kier molecular flexibility index (Phi) is 2.99. The van der Waals surface area contributed by atoms with Gasteiger partial charge in [-0.3, -0.25) is 4.57 Å². The Morgan fingerprint density at radius 1 is 1.67 bits per heavy atom. The van der Waals surface area contributed by atoms with Crippen LogP contribution in [-0.2, 0) is 0 Å². The van der Waals surface area contributed by atoms with Crippen molar-refractivity contribution in [1.29, 1.82) is 0 Å². The van der Waals surface area contributed by atoms with Gasteiger partial charge in [0.1, 0.15) is 0 Å². The number of unbranched alkanes of at least 4 members (excludes halogenated alkanes) is 1. The van der Waals surface area contributed by atoms with Crippen molar-refractivity contribution >= 4 is 0 Å². The molecule has 0 spiro atoms. The highest BCUT2D eigenvalue weighted by Gasteiger charge is 1.92. The molecular weight excluding hydrogens is 148 g/mol. The third-order valence-electron chi connectivity index (χ3n) is 1.36. The van der Waals surface area contributed by atoms with E-state index in [4.69, 9.17) is 6.42 Å². The summed E-state index contributed by atoms with van der Waals surface area (Å²) in [5.41, 5.74) is 0. The number of rotatable bonds is 1. The molecule has 2 heteroatoms. The average Bonchev–Trinajstić information content (AvgIpc) is 2.52. The summed E-state index contributed by atoms with van der Waals surface area (Å²) in [7, 11) is 0. The maximum absolute atomic E-state index is 5.20. The summed E-state index contributed by atoms with van der Waals surface area (Å²) in [6.45, 7) is 2.09. The van der Waals surface area contributed by atoms with E-state index in [1.54, 1.807) is 17.0 Å². The summed E-state index contributed by atoms with van der Waals surface area (Å²) in [6.07, 6.45) is 10.5. The first-order chi connectivity index (χ1) is 5.88. The molecule has 0 saturated heterocycles. The second-order valence-corrected chi connectivity index (χ2v) is 2.30. The van der Waals surface area contributed by atoms with Gasteiger partial charge in [0.2, 0.25) is 0 Å². The predicted molar refractivity (Wildman–Crippen MR) is 48.2 cm³/mol. The number of nitrogens with zero attached hydrogens (tertiary/aromatic N) is 2. The summed E-state index contributed by atoms with van der Waals surface area (Å²) in [5.74, 6) is 6.53. The molecule has 0 bridgehead atoms. The van der Waals surface area contributed by atoms with Crippen LogP contribution < -0.4 is 0 Å². The van der Waals surface area contributed by atoms with E-state index < -0.39 is 0 Å². The Bertz CT molecular complexity index is 344. The van der Waals surface area contributed by atoms with Crippen LogP contribution in [0.4, 0.5) is 0 Å². The Labute approximate surface area is 72.6 Å². The lowest BCUT2D eigenvalue weighted by Gasteiger charge is -1.87. The third-order valence-corrected chi connectivity index (χ3v) is 1.36. The first-order valence-corrected chi connectivity index (χ1v) is 3.87. The average molecular weight is 158 g/mol. The van der Waals surface area contributed by atoms with Crippen molar-refractivity contribution in [2.45, 2.75) is 19.8 Å². The SMILES string of the molecule is C#Cn1ccnc1C#CCCC.